The number of para-hydroxylation sites is 1. The minimum Gasteiger partial charge on any atom is -0.457 e. The van der Waals surface area contributed by atoms with Crippen molar-refractivity contribution in [3.05, 3.63) is 77.6 Å². The average Bonchev–Trinajstić information content (AvgIpc) is 3.21. The van der Waals surface area contributed by atoms with Crippen molar-refractivity contribution < 1.29 is 14.3 Å². The SMILES string of the molecule is O=C1Nc2ccccc2C1=Cc1ccc(-c2ccc(CO)cc2)o1. The molecule has 1 aromatic heterocycles. The highest BCUT2D eigenvalue weighted by molar-refractivity contribution is 6.34. The van der Waals surface area contributed by atoms with Crippen LogP contribution < -0.4 is 5.32 Å². The number of anilines is 1. The van der Waals surface area contributed by atoms with E-state index in [0.29, 0.717) is 11.3 Å². The van der Waals surface area contributed by atoms with Gasteiger partial charge in [0.2, 0.25) is 0 Å². The van der Waals surface area contributed by atoms with E-state index in [2.05, 4.69) is 5.32 Å². The Hall–Kier alpha value is -3.11. The molecular formula is C20H15NO3. The molecule has 1 amide bonds. The molecule has 0 spiro atoms. The van der Waals surface area contributed by atoms with Crippen LogP contribution in [0.2, 0.25) is 0 Å². The van der Waals surface area contributed by atoms with Crippen molar-refractivity contribution in [2.75, 3.05) is 5.32 Å². The van der Waals surface area contributed by atoms with Gasteiger partial charge in [-0.05, 0) is 29.8 Å². The van der Waals surface area contributed by atoms with E-state index >= 15 is 0 Å². The first-order chi connectivity index (χ1) is 11.7. The number of benzene rings is 2. The molecule has 1 aliphatic heterocycles. The van der Waals surface area contributed by atoms with E-state index in [1.165, 1.54) is 0 Å². The van der Waals surface area contributed by atoms with Crippen molar-refractivity contribution in [2.24, 2.45) is 0 Å². The molecule has 24 heavy (non-hydrogen) atoms. The fourth-order valence-corrected chi connectivity index (χ4v) is 2.78. The first kappa shape index (κ1) is 14.5. The zero-order valence-corrected chi connectivity index (χ0v) is 12.8. The van der Waals surface area contributed by atoms with Crippen LogP contribution in [0.1, 0.15) is 16.9 Å². The quantitative estimate of drug-likeness (QED) is 0.719. The van der Waals surface area contributed by atoms with Gasteiger partial charge in [-0.25, -0.2) is 0 Å². The second kappa shape index (κ2) is 5.83. The molecule has 0 radical (unpaired) electrons. The highest BCUT2D eigenvalue weighted by atomic mass is 16.3. The van der Waals surface area contributed by atoms with Gasteiger partial charge in [-0.15, -0.1) is 0 Å². The van der Waals surface area contributed by atoms with Gasteiger partial charge in [0.15, 0.2) is 0 Å². The summed E-state index contributed by atoms with van der Waals surface area (Å²) < 4.78 is 5.85. The van der Waals surface area contributed by atoms with Crippen LogP contribution in [0.25, 0.3) is 23.0 Å². The normalized spacial score (nSPS) is 14.7. The van der Waals surface area contributed by atoms with E-state index in [0.717, 1.165) is 28.1 Å². The molecule has 2 aromatic carbocycles. The first-order valence-electron chi connectivity index (χ1n) is 7.67. The third-order valence-electron chi connectivity index (χ3n) is 4.04. The van der Waals surface area contributed by atoms with E-state index in [9.17, 15) is 4.79 Å². The summed E-state index contributed by atoms with van der Waals surface area (Å²) in [4.78, 5) is 12.1. The molecule has 0 atom stereocenters. The second-order valence-electron chi connectivity index (χ2n) is 5.61. The van der Waals surface area contributed by atoms with Crippen molar-refractivity contribution in [1.29, 1.82) is 0 Å². The maximum absolute atomic E-state index is 12.1. The van der Waals surface area contributed by atoms with E-state index in [4.69, 9.17) is 9.52 Å². The number of carbonyl (C=O) groups excluding carboxylic acids is 1. The number of furan rings is 1. The molecular weight excluding hydrogens is 302 g/mol. The van der Waals surface area contributed by atoms with Crippen LogP contribution in [-0.2, 0) is 11.4 Å². The van der Waals surface area contributed by atoms with Gasteiger partial charge in [-0.2, -0.15) is 0 Å². The smallest absolute Gasteiger partial charge is 0.256 e. The van der Waals surface area contributed by atoms with E-state index in [1.807, 2.05) is 60.7 Å². The van der Waals surface area contributed by atoms with Crippen LogP contribution in [0.4, 0.5) is 5.69 Å². The minimum atomic E-state index is -0.124. The molecule has 0 saturated carbocycles. The van der Waals surface area contributed by atoms with Crippen LogP contribution in [0.3, 0.4) is 0 Å². The van der Waals surface area contributed by atoms with Crippen molar-refractivity contribution in [2.45, 2.75) is 6.61 Å². The number of nitrogens with one attached hydrogen (secondary N) is 1. The lowest BCUT2D eigenvalue weighted by atomic mass is 10.1. The van der Waals surface area contributed by atoms with E-state index in [-0.39, 0.29) is 12.5 Å². The third-order valence-corrected chi connectivity index (χ3v) is 4.04. The Morgan fingerprint density at radius 3 is 2.58 bits per heavy atom. The van der Waals surface area contributed by atoms with Gasteiger partial charge in [0.1, 0.15) is 11.5 Å². The number of fused-ring (bicyclic) bond motifs is 1. The van der Waals surface area contributed by atoms with Crippen LogP contribution >= 0.6 is 0 Å². The summed E-state index contributed by atoms with van der Waals surface area (Å²) >= 11 is 0. The molecule has 0 unspecified atom stereocenters. The summed E-state index contributed by atoms with van der Waals surface area (Å²) in [6.07, 6.45) is 1.76. The van der Waals surface area contributed by atoms with Crippen molar-refractivity contribution in [3.63, 3.8) is 0 Å². The predicted octanol–water partition coefficient (Wildman–Crippen LogP) is 3.93. The Balaban J connectivity index is 1.67. The van der Waals surface area contributed by atoms with Crippen LogP contribution in [0, 0.1) is 0 Å². The van der Waals surface area contributed by atoms with Gasteiger partial charge >= 0.3 is 0 Å². The average molecular weight is 317 g/mol. The molecule has 0 fully saturated rings. The van der Waals surface area contributed by atoms with E-state index in [1.54, 1.807) is 6.08 Å². The van der Waals surface area contributed by atoms with Crippen LogP contribution in [0.15, 0.2) is 65.1 Å². The Bertz CT molecular complexity index is 936. The summed E-state index contributed by atoms with van der Waals surface area (Å²) in [5.74, 6) is 1.22. The van der Waals surface area contributed by atoms with Crippen LogP contribution in [-0.4, -0.2) is 11.0 Å². The summed E-state index contributed by atoms with van der Waals surface area (Å²) in [7, 11) is 0. The lowest BCUT2D eigenvalue weighted by Gasteiger charge is -1.99. The summed E-state index contributed by atoms with van der Waals surface area (Å²) in [5.41, 5.74) is 4.08. The van der Waals surface area contributed by atoms with Crippen LogP contribution in [0.5, 0.6) is 0 Å². The predicted molar refractivity (Wildman–Crippen MR) is 93.0 cm³/mol. The third kappa shape index (κ3) is 2.53. The number of amides is 1. The Morgan fingerprint density at radius 1 is 1.00 bits per heavy atom. The monoisotopic (exact) mass is 317 g/mol. The van der Waals surface area contributed by atoms with E-state index < -0.39 is 0 Å². The largest absolute Gasteiger partial charge is 0.457 e. The van der Waals surface area contributed by atoms with Gasteiger partial charge in [-0.1, -0.05) is 42.5 Å². The number of aliphatic hydroxyl groups is 1. The number of aliphatic hydroxyl groups excluding tert-OH is 1. The molecule has 4 heteroatoms. The topological polar surface area (TPSA) is 62.5 Å². The zero-order chi connectivity index (χ0) is 16.5. The number of carbonyl (C=O) groups is 1. The maximum Gasteiger partial charge on any atom is 0.256 e. The Kier molecular flexibility index (Phi) is 3.52. The molecule has 4 rings (SSSR count). The molecule has 0 bridgehead atoms. The number of rotatable bonds is 3. The molecule has 0 saturated heterocycles. The maximum atomic E-state index is 12.1. The minimum absolute atomic E-state index is 0.0182. The fourth-order valence-electron chi connectivity index (χ4n) is 2.78. The first-order valence-corrected chi connectivity index (χ1v) is 7.67. The zero-order valence-electron chi connectivity index (χ0n) is 12.8. The van der Waals surface area contributed by atoms with Crippen molar-refractivity contribution in [3.8, 4) is 11.3 Å². The van der Waals surface area contributed by atoms with Crippen molar-refractivity contribution in [1.82, 2.24) is 0 Å². The van der Waals surface area contributed by atoms with Gasteiger partial charge in [0, 0.05) is 16.8 Å². The Morgan fingerprint density at radius 2 is 1.79 bits per heavy atom. The van der Waals surface area contributed by atoms with Crippen molar-refractivity contribution >= 4 is 23.2 Å². The highest BCUT2D eigenvalue weighted by Crippen LogP contribution is 2.33. The molecule has 4 nitrogen and oxygen atoms in total. The molecule has 1 aliphatic rings. The number of hydrogen-bond acceptors (Lipinski definition) is 3. The van der Waals surface area contributed by atoms with Gasteiger partial charge in [0.05, 0.1) is 12.2 Å². The summed E-state index contributed by atoms with van der Waals surface area (Å²) in [6, 6.07) is 18.8. The number of hydrogen-bond donors (Lipinski definition) is 2. The molecule has 2 N–H and O–H groups in total. The standard InChI is InChI=1S/C20H15NO3/c22-12-13-5-7-14(8-6-13)19-10-9-15(24-19)11-17-16-3-1-2-4-18(16)21-20(17)23/h1-11,22H,12H2,(H,21,23). The lowest BCUT2D eigenvalue weighted by Crippen LogP contribution is -2.03. The fraction of sp³-hybridized carbons (Fsp3) is 0.0500. The highest BCUT2D eigenvalue weighted by Gasteiger charge is 2.23. The van der Waals surface area contributed by atoms with Gasteiger partial charge in [0.25, 0.3) is 5.91 Å². The Labute approximate surface area is 139 Å². The lowest BCUT2D eigenvalue weighted by molar-refractivity contribution is -0.110. The summed E-state index contributed by atoms with van der Waals surface area (Å²) in [6.45, 7) is 0.0182. The second-order valence-corrected chi connectivity index (χ2v) is 5.61. The molecule has 118 valence electrons. The molecule has 2 heterocycles. The molecule has 0 aliphatic carbocycles. The van der Waals surface area contributed by atoms with Gasteiger partial charge < -0.3 is 14.8 Å². The van der Waals surface area contributed by atoms with Gasteiger partial charge in [-0.3, -0.25) is 4.79 Å². The summed E-state index contributed by atoms with van der Waals surface area (Å²) in [5, 5.41) is 11.9. The molecule has 3 aromatic rings.